The van der Waals surface area contributed by atoms with Gasteiger partial charge >= 0.3 is 0 Å². The number of hydrogen-bond donors (Lipinski definition) is 0. The molecule has 1 nitrogen and oxygen atoms in total. The maximum Gasteiger partial charge on any atom is 0.0737 e. The zero-order valence-corrected chi connectivity index (χ0v) is 27.0. The molecule has 10 rings (SSSR count). The lowest BCUT2D eigenvalue weighted by Gasteiger charge is -2.32. The Morgan fingerprint density at radius 1 is 0.375 bits per heavy atom. The normalized spacial score (nSPS) is 13.4. The molecule has 0 amide bonds. The predicted molar refractivity (Wildman–Crippen MR) is 202 cm³/mol. The first-order valence-electron chi connectivity index (χ1n) is 16.9. The van der Waals surface area contributed by atoms with Gasteiger partial charge in [-0.3, -0.25) is 0 Å². The molecule has 0 heterocycles. The van der Waals surface area contributed by atoms with Crippen molar-refractivity contribution in [1.29, 1.82) is 0 Å². The van der Waals surface area contributed by atoms with E-state index in [-0.39, 0.29) is 0 Å². The molecule has 2 aliphatic carbocycles. The Kier molecular flexibility index (Phi) is 5.69. The fourth-order valence-electron chi connectivity index (χ4n) is 8.72. The van der Waals surface area contributed by atoms with Gasteiger partial charge in [-0.25, -0.2) is 0 Å². The third-order valence-corrected chi connectivity index (χ3v) is 10.8. The number of nitrogens with zero attached hydrogens (tertiary/aromatic N) is 1. The van der Waals surface area contributed by atoms with Crippen LogP contribution in [0, 0.1) is 13.8 Å². The van der Waals surface area contributed by atoms with Crippen molar-refractivity contribution in [2.75, 3.05) is 4.90 Å². The number of rotatable bonds is 3. The van der Waals surface area contributed by atoms with Gasteiger partial charge in [0.15, 0.2) is 0 Å². The van der Waals surface area contributed by atoms with Crippen LogP contribution in [0.3, 0.4) is 0 Å². The first-order chi connectivity index (χ1) is 23.6. The van der Waals surface area contributed by atoms with Gasteiger partial charge in [0.05, 0.1) is 5.41 Å². The van der Waals surface area contributed by atoms with E-state index < -0.39 is 5.41 Å². The minimum Gasteiger partial charge on any atom is -0.310 e. The molecule has 1 heteroatoms. The summed E-state index contributed by atoms with van der Waals surface area (Å²) in [5.41, 5.74) is 16.4. The van der Waals surface area contributed by atoms with Crippen LogP contribution in [0.1, 0.15) is 33.4 Å². The molecular weight excluding hydrogens is 579 g/mol. The van der Waals surface area contributed by atoms with E-state index in [4.69, 9.17) is 0 Å². The van der Waals surface area contributed by atoms with Crippen molar-refractivity contribution in [3.05, 3.63) is 197 Å². The Balaban J connectivity index is 1.29. The van der Waals surface area contributed by atoms with E-state index >= 15 is 0 Å². The molecular formula is C47H33N. The monoisotopic (exact) mass is 611 g/mol. The highest BCUT2D eigenvalue weighted by molar-refractivity contribution is 6.09. The fraction of sp³-hybridized carbons (Fsp3) is 0.0638. The van der Waals surface area contributed by atoms with Crippen LogP contribution in [0.5, 0.6) is 0 Å². The van der Waals surface area contributed by atoms with Crippen molar-refractivity contribution >= 4 is 38.6 Å². The molecule has 0 fully saturated rings. The van der Waals surface area contributed by atoms with Crippen LogP contribution in [0.2, 0.25) is 0 Å². The number of aryl methyl sites for hydroxylation is 2. The van der Waals surface area contributed by atoms with Crippen molar-refractivity contribution in [1.82, 2.24) is 0 Å². The van der Waals surface area contributed by atoms with Gasteiger partial charge in [-0.2, -0.15) is 0 Å². The lowest BCUT2D eigenvalue weighted by molar-refractivity contribution is 0.809. The molecule has 8 aromatic rings. The van der Waals surface area contributed by atoms with E-state index in [2.05, 4.69) is 183 Å². The minimum absolute atomic E-state index is 0.423. The highest BCUT2D eigenvalue weighted by Gasteiger charge is 2.53. The van der Waals surface area contributed by atoms with E-state index in [1.165, 1.54) is 77.2 Å². The van der Waals surface area contributed by atoms with Gasteiger partial charge in [-0.15, -0.1) is 0 Å². The topological polar surface area (TPSA) is 3.24 Å². The highest BCUT2D eigenvalue weighted by Crippen LogP contribution is 2.65. The summed E-state index contributed by atoms with van der Waals surface area (Å²) in [6.07, 6.45) is 0. The third kappa shape index (κ3) is 3.62. The smallest absolute Gasteiger partial charge is 0.0737 e. The summed E-state index contributed by atoms with van der Waals surface area (Å²) in [6.45, 7) is 4.29. The molecule has 8 aromatic carbocycles. The third-order valence-electron chi connectivity index (χ3n) is 10.8. The maximum atomic E-state index is 2.39. The Labute approximate surface area is 281 Å². The quantitative estimate of drug-likeness (QED) is 0.192. The van der Waals surface area contributed by atoms with Crippen molar-refractivity contribution in [3.63, 3.8) is 0 Å². The van der Waals surface area contributed by atoms with Crippen molar-refractivity contribution < 1.29 is 0 Å². The molecule has 0 bridgehead atoms. The van der Waals surface area contributed by atoms with Gasteiger partial charge in [0, 0.05) is 17.1 Å². The number of fused-ring (bicyclic) bond motifs is 14. The average Bonchev–Trinajstić information content (AvgIpc) is 3.61. The SMILES string of the molecule is Cc1ccc(N(c2ccc(C)cc2)c2ccc3c4c(ccc3c2)-c2ccc3ccccc3c2C42c3ccccc3-c3ccccc32)cc1. The molecule has 0 aromatic heterocycles. The second-order valence-corrected chi connectivity index (χ2v) is 13.5. The first-order valence-corrected chi connectivity index (χ1v) is 16.9. The van der Waals surface area contributed by atoms with Crippen LogP contribution in [-0.4, -0.2) is 0 Å². The van der Waals surface area contributed by atoms with Gasteiger partial charge in [-0.05, 0) is 116 Å². The number of benzene rings is 8. The Morgan fingerprint density at radius 2 is 0.854 bits per heavy atom. The summed E-state index contributed by atoms with van der Waals surface area (Å²) in [6, 6.07) is 61.3. The zero-order valence-electron chi connectivity index (χ0n) is 27.0. The Morgan fingerprint density at radius 3 is 1.46 bits per heavy atom. The lowest BCUT2D eigenvalue weighted by atomic mass is 9.68. The van der Waals surface area contributed by atoms with Crippen molar-refractivity contribution in [2.24, 2.45) is 0 Å². The maximum absolute atomic E-state index is 2.39. The van der Waals surface area contributed by atoms with Crippen LogP contribution < -0.4 is 4.90 Å². The van der Waals surface area contributed by atoms with Crippen LogP contribution in [-0.2, 0) is 5.41 Å². The molecule has 0 saturated carbocycles. The largest absolute Gasteiger partial charge is 0.310 e. The Bertz CT molecular complexity index is 2480. The summed E-state index contributed by atoms with van der Waals surface area (Å²) >= 11 is 0. The molecule has 0 saturated heterocycles. The molecule has 2 aliphatic rings. The Hall–Kier alpha value is -5.92. The van der Waals surface area contributed by atoms with Crippen LogP contribution in [0.25, 0.3) is 43.8 Å². The van der Waals surface area contributed by atoms with Crippen molar-refractivity contribution in [2.45, 2.75) is 19.3 Å². The molecule has 0 atom stereocenters. The average molecular weight is 612 g/mol. The minimum atomic E-state index is -0.423. The zero-order chi connectivity index (χ0) is 32.0. The van der Waals surface area contributed by atoms with E-state index in [0.29, 0.717) is 0 Å². The summed E-state index contributed by atoms with van der Waals surface area (Å²) in [7, 11) is 0. The van der Waals surface area contributed by atoms with Crippen molar-refractivity contribution in [3.8, 4) is 22.3 Å². The molecule has 1 spiro atoms. The van der Waals surface area contributed by atoms with E-state index in [9.17, 15) is 0 Å². The van der Waals surface area contributed by atoms with Crippen LogP contribution >= 0.6 is 0 Å². The first kappa shape index (κ1) is 27.2. The van der Waals surface area contributed by atoms with Gasteiger partial charge < -0.3 is 4.90 Å². The summed E-state index contributed by atoms with van der Waals surface area (Å²) in [4.78, 5) is 2.38. The second kappa shape index (κ2) is 10.0. The van der Waals surface area contributed by atoms with E-state index in [1.54, 1.807) is 0 Å². The van der Waals surface area contributed by atoms with E-state index in [0.717, 1.165) is 17.1 Å². The van der Waals surface area contributed by atoms with Gasteiger partial charge in [0.1, 0.15) is 0 Å². The van der Waals surface area contributed by atoms with Gasteiger partial charge in [-0.1, -0.05) is 139 Å². The molecule has 0 N–H and O–H groups in total. The fourth-order valence-corrected chi connectivity index (χ4v) is 8.72. The van der Waals surface area contributed by atoms with Crippen LogP contribution in [0.4, 0.5) is 17.1 Å². The standard InChI is InChI=1S/C47H33N/c1-30-15-21-34(22-16-30)48(35-23-17-31(2)18-24-35)36-25-28-38-33(29-36)20-27-42-41-26-19-32-9-3-4-10-37(32)45(41)47(46(38)42)43-13-7-5-11-39(43)40-12-6-8-14-44(40)47/h3-29H,1-2H3. The summed E-state index contributed by atoms with van der Waals surface area (Å²) < 4.78 is 0. The van der Waals surface area contributed by atoms with Crippen LogP contribution in [0.15, 0.2) is 164 Å². The molecule has 0 aliphatic heterocycles. The lowest BCUT2D eigenvalue weighted by Crippen LogP contribution is -2.26. The number of anilines is 3. The number of hydrogen-bond acceptors (Lipinski definition) is 1. The molecule has 226 valence electrons. The summed E-state index contributed by atoms with van der Waals surface area (Å²) in [5.74, 6) is 0. The summed E-state index contributed by atoms with van der Waals surface area (Å²) in [5, 5.41) is 5.15. The predicted octanol–water partition coefficient (Wildman–Crippen LogP) is 12.4. The van der Waals surface area contributed by atoms with Gasteiger partial charge in [0.2, 0.25) is 0 Å². The van der Waals surface area contributed by atoms with Gasteiger partial charge in [0.25, 0.3) is 0 Å². The molecule has 48 heavy (non-hydrogen) atoms. The highest BCUT2D eigenvalue weighted by atomic mass is 15.1. The molecule has 0 radical (unpaired) electrons. The van der Waals surface area contributed by atoms with E-state index in [1.807, 2.05) is 0 Å². The second-order valence-electron chi connectivity index (χ2n) is 13.5. The molecule has 0 unspecified atom stereocenters.